The molecule has 1 rings (SSSR count). The number of amides is 1. The first-order chi connectivity index (χ1) is 8.22. The highest BCUT2D eigenvalue weighted by Gasteiger charge is 1.96. The van der Waals surface area contributed by atoms with E-state index in [9.17, 15) is 4.79 Å². The molecule has 0 unspecified atom stereocenters. The van der Waals surface area contributed by atoms with Gasteiger partial charge in [-0.2, -0.15) is 0 Å². The highest BCUT2D eigenvalue weighted by atomic mass is 32.2. The Morgan fingerprint density at radius 3 is 2.65 bits per heavy atom. The fraction of sp³-hybridized carbons (Fsp3) is 0.364. The third-order valence-corrected chi connectivity index (χ3v) is 2.84. The summed E-state index contributed by atoms with van der Waals surface area (Å²) >= 11 is 1.52. The predicted octanol–water partition coefficient (Wildman–Crippen LogP) is 1.95. The molecular weight excluding hydrogens is 240 g/mol. The lowest BCUT2D eigenvalue weighted by atomic mass is 10.3. The van der Waals surface area contributed by atoms with E-state index in [0.717, 1.165) is 23.6 Å². The number of ether oxygens (including phenoxy) is 1. The van der Waals surface area contributed by atoms with Gasteiger partial charge in [0.05, 0.1) is 7.11 Å². The molecule has 0 fully saturated rings. The average molecular weight is 256 g/mol. The molecule has 0 aliphatic heterocycles. The van der Waals surface area contributed by atoms with Crippen molar-refractivity contribution in [3.63, 3.8) is 0 Å². The van der Waals surface area contributed by atoms with E-state index in [-0.39, 0.29) is 0 Å². The van der Waals surface area contributed by atoms with Crippen LogP contribution in [0.3, 0.4) is 0 Å². The first-order valence-corrected chi connectivity index (χ1v) is 6.04. The summed E-state index contributed by atoms with van der Waals surface area (Å²) in [5.41, 5.74) is 0. The topological polar surface area (TPSA) is 70.6 Å². The van der Waals surface area contributed by atoms with Gasteiger partial charge >= 0.3 is 6.09 Å². The highest BCUT2D eigenvalue weighted by Crippen LogP contribution is 2.18. The minimum Gasteiger partial charge on any atom is -0.497 e. The van der Waals surface area contributed by atoms with Gasteiger partial charge in [0, 0.05) is 18.0 Å². The van der Waals surface area contributed by atoms with E-state index in [1.807, 2.05) is 24.3 Å². The van der Waals surface area contributed by atoms with Gasteiger partial charge in [-0.05, 0) is 42.6 Å². The Hall–Kier alpha value is -1.40. The van der Waals surface area contributed by atoms with Crippen molar-refractivity contribution in [3.05, 3.63) is 24.3 Å². The molecule has 0 bridgehead atoms. The zero-order valence-corrected chi connectivity index (χ0v) is 10.4. The van der Waals surface area contributed by atoms with Crippen LogP contribution in [-0.2, 0) is 0 Å². The van der Waals surface area contributed by atoms with Crippen LogP contribution in [0.25, 0.3) is 0 Å². The molecule has 0 aliphatic rings. The number of benzene rings is 1. The Kier molecular flexibility index (Phi) is 6.27. The lowest BCUT2D eigenvalue weighted by Gasteiger charge is -2.05. The molecule has 0 saturated carbocycles. The molecule has 0 spiro atoms. The molecule has 0 heterocycles. The van der Waals surface area contributed by atoms with E-state index in [1.54, 1.807) is 7.11 Å². The van der Waals surface area contributed by atoms with Crippen molar-refractivity contribution in [2.75, 3.05) is 20.2 Å². The fourth-order valence-electron chi connectivity index (χ4n) is 1.13. The summed E-state index contributed by atoms with van der Waals surface area (Å²) in [4.78, 5) is 11.3. The van der Waals surface area contributed by atoms with Crippen molar-refractivity contribution in [2.24, 2.45) is 0 Å². The minimum atomic E-state index is -0.979. The van der Waals surface area contributed by atoms with Gasteiger partial charge in [0.2, 0.25) is 0 Å². The number of hydrogen-bond acceptors (Lipinski definition) is 4. The third kappa shape index (κ3) is 6.03. The zero-order valence-electron chi connectivity index (χ0n) is 9.60. The molecule has 0 aromatic heterocycles. The van der Waals surface area contributed by atoms with Crippen molar-refractivity contribution in [2.45, 2.75) is 11.3 Å². The summed E-state index contributed by atoms with van der Waals surface area (Å²) in [6, 6.07) is 7.73. The van der Waals surface area contributed by atoms with Crippen LogP contribution >= 0.6 is 11.9 Å². The second-order valence-corrected chi connectivity index (χ2v) is 4.22. The third-order valence-electron chi connectivity index (χ3n) is 1.98. The van der Waals surface area contributed by atoms with Gasteiger partial charge in [0.1, 0.15) is 5.75 Å². The molecule has 0 saturated heterocycles. The van der Waals surface area contributed by atoms with Crippen LogP contribution in [0.5, 0.6) is 5.75 Å². The monoisotopic (exact) mass is 256 g/mol. The van der Waals surface area contributed by atoms with Crippen LogP contribution in [0, 0.1) is 0 Å². The Labute approximate surface area is 105 Å². The Balaban J connectivity index is 2.11. The summed E-state index contributed by atoms with van der Waals surface area (Å²) in [5.74, 6) is 0.833. The second-order valence-electron chi connectivity index (χ2n) is 3.26. The smallest absolute Gasteiger partial charge is 0.404 e. The summed E-state index contributed by atoms with van der Waals surface area (Å²) < 4.78 is 8.21. The lowest BCUT2D eigenvalue weighted by molar-refractivity contribution is 0.194. The number of carboxylic acid groups (broad SMARTS) is 1. The summed E-state index contributed by atoms with van der Waals surface area (Å²) in [6.45, 7) is 1.21. The molecule has 0 atom stereocenters. The van der Waals surface area contributed by atoms with Gasteiger partial charge in [-0.15, -0.1) is 0 Å². The van der Waals surface area contributed by atoms with Crippen LogP contribution in [0.4, 0.5) is 4.79 Å². The van der Waals surface area contributed by atoms with Gasteiger partial charge in [-0.3, -0.25) is 4.72 Å². The van der Waals surface area contributed by atoms with Crippen molar-refractivity contribution in [1.82, 2.24) is 10.0 Å². The van der Waals surface area contributed by atoms with Gasteiger partial charge in [-0.25, -0.2) is 4.79 Å². The summed E-state index contributed by atoms with van der Waals surface area (Å²) in [5, 5.41) is 10.7. The first kappa shape index (κ1) is 13.7. The molecule has 3 N–H and O–H groups in total. The van der Waals surface area contributed by atoms with E-state index in [0.29, 0.717) is 6.54 Å². The SMILES string of the molecule is COc1ccc(SNCCCNC(=O)O)cc1. The summed E-state index contributed by atoms with van der Waals surface area (Å²) in [6.07, 6.45) is -0.220. The average Bonchev–Trinajstić information content (AvgIpc) is 2.34. The zero-order chi connectivity index (χ0) is 12.5. The van der Waals surface area contributed by atoms with Gasteiger partial charge in [0.15, 0.2) is 0 Å². The molecule has 0 aliphatic carbocycles. The number of carbonyl (C=O) groups is 1. The Morgan fingerprint density at radius 1 is 1.35 bits per heavy atom. The normalized spacial score (nSPS) is 9.94. The maximum Gasteiger partial charge on any atom is 0.404 e. The molecule has 1 aromatic carbocycles. The highest BCUT2D eigenvalue weighted by molar-refractivity contribution is 7.97. The van der Waals surface area contributed by atoms with Gasteiger partial charge in [0.25, 0.3) is 0 Å². The largest absolute Gasteiger partial charge is 0.497 e. The van der Waals surface area contributed by atoms with Crippen molar-refractivity contribution in [1.29, 1.82) is 0 Å². The Morgan fingerprint density at radius 2 is 2.06 bits per heavy atom. The standard InChI is InChI=1S/C11H16N2O3S/c1-16-9-3-5-10(6-4-9)17-13-8-2-7-12-11(14)15/h3-6,12-13H,2,7-8H2,1H3,(H,14,15). The van der Waals surface area contributed by atoms with E-state index in [4.69, 9.17) is 9.84 Å². The minimum absolute atomic E-state index is 0.464. The quantitative estimate of drug-likeness (QED) is 0.514. The lowest BCUT2D eigenvalue weighted by Crippen LogP contribution is -2.24. The maximum atomic E-state index is 10.2. The number of rotatable bonds is 7. The molecule has 94 valence electrons. The van der Waals surface area contributed by atoms with Crippen LogP contribution in [0.1, 0.15) is 6.42 Å². The number of methoxy groups -OCH3 is 1. The van der Waals surface area contributed by atoms with E-state index < -0.39 is 6.09 Å². The van der Waals surface area contributed by atoms with Crippen molar-refractivity contribution in [3.8, 4) is 5.75 Å². The van der Waals surface area contributed by atoms with Crippen LogP contribution in [-0.4, -0.2) is 31.4 Å². The molecule has 1 aromatic rings. The molecule has 1 amide bonds. The molecular formula is C11H16N2O3S. The van der Waals surface area contributed by atoms with Crippen molar-refractivity contribution < 1.29 is 14.6 Å². The second kappa shape index (κ2) is 7.81. The molecule has 5 nitrogen and oxygen atoms in total. The molecule has 6 heteroatoms. The van der Waals surface area contributed by atoms with Crippen LogP contribution < -0.4 is 14.8 Å². The summed E-state index contributed by atoms with van der Waals surface area (Å²) in [7, 11) is 1.63. The van der Waals surface area contributed by atoms with E-state index >= 15 is 0 Å². The molecule has 0 radical (unpaired) electrons. The van der Waals surface area contributed by atoms with E-state index in [1.165, 1.54) is 11.9 Å². The van der Waals surface area contributed by atoms with Crippen LogP contribution in [0.2, 0.25) is 0 Å². The molecule has 17 heavy (non-hydrogen) atoms. The maximum absolute atomic E-state index is 10.2. The van der Waals surface area contributed by atoms with E-state index in [2.05, 4.69) is 10.0 Å². The Bertz CT molecular complexity index is 343. The fourth-order valence-corrected chi connectivity index (χ4v) is 1.82. The van der Waals surface area contributed by atoms with Crippen molar-refractivity contribution >= 4 is 18.0 Å². The first-order valence-electron chi connectivity index (χ1n) is 5.23. The number of hydrogen-bond donors (Lipinski definition) is 3. The van der Waals surface area contributed by atoms with Gasteiger partial charge in [-0.1, -0.05) is 0 Å². The van der Waals surface area contributed by atoms with Crippen LogP contribution in [0.15, 0.2) is 29.2 Å². The number of nitrogens with one attached hydrogen (secondary N) is 2. The predicted molar refractivity (Wildman–Crippen MR) is 67.5 cm³/mol. The van der Waals surface area contributed by atoms with Gasteiger partial charge < -0.3 is 15.2 Å².